The first-order chi connectivity index (χ1) is 12.5. The van der Waals surface area contributed by atoms with Crippen LogP contribution >= 0.6 is 0 Å². The molecule has 0 fully saturated rings. The SMILES string of the molecule is CO[Si](CCCC(=O)CC(O)CNc1nnc(NCCO)[nH]1)(OC)OC. The first kappa shape index (κ1) is 22.5. The maximum atomic E-state index is 12.0. The predicted octanol–water partition coefficient (Wildman–Crippen LogP) is -0.401. The van der Waals surface area contributed by atoms with Gasteiger partial charge < -0.3 is 34.1 Å². The number of rotatable bonds is 15. The lowest BCUT2D eigenvalue weighted by atomic mass is 10.1. The number of carbonyl (C=O) groups is 1. The van der Waals surface area contributed by atoms with E-state index in [1.807, 2.05) is 0 Å². The normalized spacial score (nSPS) is 12.8. The third-order valence-corrected chi connectivity index (χ3v) is 6.56. The highest BCUT2D eigenvalue weighted by Gasteiger charge is 2.37. The van der Waals surface area contributed by atoms with Gasteiger partial charge in [-0.15, -0.1) is 10.2 Å². The molecule has 0 saturated carbocycles. The lowest BCUT2D eigenvalue weighted by Crippen LogP contribution is -2.42. The largest absolute Gasteiger partial charge is 0.500 e. The number of hydrogen-bond acceptors (Lipinski definition) is 10. The summed E-state index contributed by atoms with van der Waals surface area (Å²) in [4.78, 5) is 14.8. The number of aliphatic hydroxyl groups is 2. The zero-order valence-corrected chi connectivity index (χ0v) is 16.4. The summed E-state index contributed by atoms with van der Waals surface area (Å²) < 4.78 is 15.9. The quantitative estimate of drug-likeness (QED) is 0.250. The molecule has 1 unspecified atom stereocenters. The molecule has 0 radical (unpaired) electrons. The molecule has 1 atom stereocenters. The van der Waals surface area contributed by atoms with Gasteiger partial charge in [-0.05, 0) is 6.42 Å². The zero-order valence-electron chi connectivity index (χ0n) is 15.4. The molecule has 1 aromatic rings. The highest BCUT2D eigenvalue weighted by molar-refractivity contribution is 6.60. The Bertz CT molecular complexity index is 519. The lowest BCUT2D eigenvalue weighted by molar-refractivity contribution is -0.120. The van der Waals surface area contributed by atoms with Gasteiger partial charge in [0.2, 0.25) is 11.9 Å². The second kappa shape index (κ2) is 11.9. The van der Waals surface area contributed by atoms with E-state index >= 15 is 0 Å². The van der Waals surface area contributed by atoms with Crippen LogP contribution in [0.5, 0.6) is 0 Å². The third-order valence-electron chi connectivity index (χ3n) is 3.73. The summed E-state index contributed by atoms with van der Waals surface area (Å²) in [6.07, 6.45) is 0.0937. The molecule has 0 saturated heterocycles. The van der Waals surface area contributed by atoms with Crippen molar-refractivity contribution in [1.29, 1.82) is 0 Å². The number of aromatic amines is 1. The molecular weight excluding hydrogens is 362 g/mol. The highest BCUT2D eigenvalue weighted by atomic mass is 28.4. The molecule has 12 heteroatoms. The van der Waals surface area contributed by atoms with Crippen molar-refractivity contribution < 1.29 is 28.3 Å². The first-order valence-electron chi connectivity index (χ1n) is 8.35. The maximum absolute atomic E-state index is 12.0. The molecule has 0 aliphatic carbocycles. The molecular formula is C14H29N5O6Si. The van der Waals surface area contributed by atoms with E-state index in [0.29, 0.717) is 37.3 Å². The number of aromatic nitrogens is 3. The van der Waals surface area contributed by atoms with Gasteiger partial charge in [0.05, 0.1) is 12.7 Å². The van der Waals surface area contributed by atoms with Crippen molar-refractivity contribution in [1.82, 2.24) is 15.2 Å². The summed E-state index contributed by atoms with van der Waals surface area (Å²) in [6.45, 7) is 0.491. The smallest absolute Gasteiger partial charge is 0.395 e. The second-order valence-corrected chi connectivity index (χ2v) is 8.69. The van der Waals surface area contributed by atoms with Crippen LogP contribution in [0.1, 0.15) is 19.3 Å². The molecule has 0 amide bonds. The van der Waals surface area contributed by atoms with Gasteiger partial charge in [-0.2, -0.15) is 0 Å². The number of nitrogens with zero attached hydrogens (tertiary/aromatic N) is 2. The number of aliphatic hydroxyl groups excluding tert-OH is 2. The molecule has 0 bridgehead atoms. The minimum atomic E-state index is -2.66. The Morgan fingerprint density at radius 1 is 1.19 bits per heavy atom. The van der Waals surface area contributed by atoms with E-state index < -0.39 is 14.9 Å². The molecule has 5 N–H and O–H groups in total. The summed E-state index contributed by atoms with van der Waals surface area (Å²) in [5.74, 6) is 0.732. The van der Waals surface area contributed by atoms with Crippen LogP contribution in [-0.2, 0) is 18.1 Å². The molecule has 0 spiro atoms. The van der Waals surface area contributed by atoms with Crippen LogP contribution in [0, 0.1) is 0 Å². The molecule has 11 nitrogen and oxygen atoms in total. The number of nitrogens with one attached hydrogen (secondary N) is 3. The third kappa shape index (κ3) is 7.76. The Morgan fingerprint density at radius 2 is 1.81 bits per heavy atom. The standard InChI is InChI=1S/C14H29N5O6Si/c1-23-26(24-2,25-3)8-4-5-11(21)9-12(22)10-16-14-17-13(18-19-14)15-6-7-20/h12,20,22H,4-10H2,1-3H3,(H3,15,16,17,18,19). The van der Waals surface area contributed by atoms with Gasteiger partial charge in [-0.1, -0.05) is 0 Å². The Hall–Kier alpha value is -1.57. The Kier molecular flexibility index (Phi) is 10.3. The highest BCUT2D eigenvalue weighted by Crippen LogP contribution is 2.17. The van der Waals surface area contributed by atoms with Crippen molar-refractivity contribution in [2.45, 2.75) is 31.4 Å². The zero-order chi connectivity index (χ0) is 19.4. The van der Waals surface area contributed by atoms with E-state index in [1.54, 1.807) is 0 Å². The van der Waals surface area contributed by atoms with Crippen LogP contribution in [0.2, 0.25) is 6.04 Å². The van der Waals surface area contributed by atoms with Crippen molar-refractivity contribution in [3.05, 3.63) is 0 Å². The average Bonchev–Trinajstić information content (AvgIpc) is 3.10. The van der Waals surface area contributed by atoms with Crippen LogP contribution in [-0.4, -0.2) is 87.1 Å². The molecule has 26 heavy (non-hydrogen) atoms. The van der Waals surface area contributed by atoms with Gasteiger partial charge in [-0.3, -0.25) is 9.78 Å². The average molecular weight is 392 g/mol. The van der Waals surface area contributed by atoms with Gasteiger partial charge in [0.25, 0.3) is 0 Å². The molecule has 150 valence electrons. The van der Waals surface area contributed by atoms with Crippen molar-refractivity contribution in [3.8, 4) is 0 Å². The molecule has 1 aromatic heterocycles. The summed E-state index contributed by atoms with van der Waals surface area (Å²) in [5.41, 5.74) is 0. The summed E-state index contributed by atoms with van der Waals surface area (Å²) in [6, 6.07) is 0.540. The fraction of sp³-hybridized carbons (Fsp3) is 0.786. The molecule has 0 aliphatic rings. The Balaban J connectivity index is 2.26. The Morgan fingerprint density at radius 3 is 2.38 bits per heavy atom. The van der Waals surface area contributed by atoms with E-state index in [2.05, 4.69) is 25.8 Å². The van der Waals surface area contributed by atoms with E-state index in [9.17, 15) is 9.90 Å². The fourth-order valence-electron chi connectivity index (χ4n) is 2.31. The minimum absolute atomic E-state index is 0.0208. The fourth-order valence-corrected chi connectivity index (χ4v) is 4.03. The number of carbonyl (C=O) groups excluding carboxylic acids is 1. The van der Waals surface area contributed by atoms with Crippen LogP contribution in [0.3, 0.4) is 0 Å². The summed E-state index contributed by atoms with van der Waals surface area (Å²) >= 11 is 0. The van der Waals surface area contributed by atoms with Gasteiger partial charge in [0.15, 0.2) is 0 Å². The van der Waals surface area contributed by atoms with Crippen LogP contribution in [0.15, 0.2) is 0 Å². The van der Waals surface area contributed by atoms with E-state index in [-0.39, 0.29) is 25.4 Å². The van der Waals surface area contributed by atoms with Gasteiger partial charge >= 0.3 is 8.80 Å². The van der Waals surface area contributed by atoms with Crippen LogP contribution < -0.4 is 10.6 Å². The number of H-pyrrole nitrogens is 1. The number of ketones is 1. The number of hydrogen-bond donors (Lipinski definition) is 5. The van der Waals surface area contributed by atoms with Crippen LogP contribution in [0.4, 0.5) is 11.9 Å². The minimum Gasteiger partial charge on any atom is -0.395 e. The maximum Gasteiger partial charge on any atom is 0.500 e. The lowest BCUT2D eigenvalue weighted by Gasteiger charge is -2.24. The van der Waals surface area contributed by atoms with Gasteiger partial charge in [0.1, 0.15) is 5.78 Å². The van der Waals surface area contributed by atoms with E-state index in [1.165, 1.54) is 21.3 Å². The summed E-state index contributed by atoms with van der Waals surface area (Å²) in [7, 11) is 1.94. The van der Waals surface area contributed by atoms with Gasteiger partial charge in [0, 0.05) is 53.3 Å². The molecule has 0 aliphatic heterocycles. The van der Waals surface area contributed by atoms with E-state index in [0.717, 1.165) is 0 Å². The summed E-state index contributed by atoms with van der Waals surface area (Å²) in [5, 5.41) is 32.0. The van der Waals surface area contributed by atoms with Crippen molar-refractivity contribution >= 4 is 26.5 Å². The van der Waals surface area contributed by atoms with Crippen molar-refractivity contribution in [2.24, 2.45) is 0 Å². The first-order valence-corrected chi connectivity index (χ1v) is 10.3. The van der Waals surface area contributed by atoms with Gasteiger partial charge in [-0.25, -0.2) is 0 Å². The topological polar surface area (TPSA) is 151 Å². The Labute approximate surface area is 153 Å². The molecule has 0 aromatic carbocycles. The predicted molar refractivity (Wildman–Crippen MR) is 96.9 cm³/mol. The van der Waals surface area contributed by atoms with Crippen molar-refractivity contribution in [2.75, 3.05) is 51.7 Å². The van der Waals surface area contributed by atoms with E-state index in [4.69, 9.17) is 18.4 Å². The molecule has 1 heterocycles. The second-order valence-electron chi connectivity index (χ2n) is 5.60. The number of Topliss-reactive ketones (excluding diaryl/α,β-unsaturated/α-hetero) is 1. The monoisotopic (exact) mass is 391 g/mol. The van der Waals surface area contributed by atoms with Crippen LogP contribution in [0.25, 0.3) is 0 Å². The number of anilines is 2. The van der Waals surface area contributed by atoms with Crippen molar-refractivity contribution in [3.63, 3.8) is 0 Å². The molecule has 1 rings (SSSR count).